The molecule has 3 N–H and O–H groups in total. The molecule has 0 rings (SSSR count). The van der Waals surface area contributed by atoms with E-state index < -0.39 is 97.5 Å². The fourth-order valence-corrected chi connectivity index (χ4v) is 13.1. The Kier molecular flexibility index (Phi) is 64.0. The zero-order valence-corrected chi connectivity index (χ0v) is 64.1. The number of hydrogen-bond acceptors (Lipinski definition) is 15. The van der Waals surface area contributed by atoms with Crippen LogP contribution < -0.4 is 0 Å². The van der Waals surface area contributed by atoms with Crippen LogP contribution >= 0.6 is 15.6 Å². The van der Waals surface area contributed by atoms with Crippen LogP contribution in [-0.2, 0) is 65.4 Å². The van der Waals surface area contributed by atoms with Crippen LogP contribution in [-0.4, -0.2) is 96.7 Å². The maximum absolute atomic E-state index is 13.1. The Labute approximate surface area is 581 Å². The van der Waals surface area contributed by atoms with Gasteiger partial charge in [-0.1, -0.05) is 331 Å². The van der Waals surface area contributed by atoms with Gasteiger partial charge in [-0.25, -0.2) is 9.13 Å². The number of unbranched alkanes of at least 4 members (excludes halogenated alkanes) is 38. The molecule has 0 spiro atoms. The van der Waals surface area contributed by atoms with Crippen molar-refractivity contribution in [3.05, 3.63) is 0 Å². The minimum atomic E-state index is -4.96. The Morgan fingerprint density at radius 2 is 0.505 bits per heavy atom. The van der Waals surface area contributed by atoms with E-state index in [1.165, 1.54) is 180 Å². The van der Waals surface area contributed by atoms with E-state index in [0.717, 1.165) is 114 Å². The average Bonchev–Trinajstić information content (AvgIpc) is 1.22. The average molecular weight is 1400 g/mol. The monoisotopic (exact) mass is 1400 g/mol. The van der Waals surface area contributed by atoms with Crippen molar-refractivity contribution in [2.75, 3.05) is 39.6 Å². The highest BCUT2D eigenvalue weighted by Crippen LogP contribution is 2.45. The van der Waals surface area contributed by atoms with Crippen molar-refractivity contribution in [3.63, 3.8) is 0 Å². The molecule has 0 amide bonds. The molecule has 0 radical (unpaired) electrons. The third-order valence-corrected chi connectivity index (χ3v) is 19.8. The van der Waals surface area contributed by atoms with Gasteiger partial charge in [0.15, 0.2) is 12.2 Å². The lowest BCUT2D eigenvalue weighted by Gasteiger charge is -2.21. The normalized spacial score (nSPS) is 14.4. The quantitative estimate of drug-likeness (QED) is 0.0222. The Bertz CT molecular complexity index is 1870. The molecule has 19 heteroatoms. The molecular formula is C76H148O17P2. The number of esters is 4. The molecule has 0 aromatic heterocycles. The topological polar surface area (TPSA) is 237 Å². The number of rotatable bonds is 73. The molecule has 6 atom stereocenters. The summed E-state index contributed by atoms with van der Waals surface area (Å²) < 4.78 is 68.4. The first kappa shape index (κ1) is 93.1. The first-order chi connectivity index (χ1) is 45.6. The van der Waals surface area contributed by atoms with Crippen LogP contribution in [0.5, 0.6) is 0 Å². The summed E-state index contributed by atoms with van der Waals surface area (Å²) in [6, 6.07) is 0. The van der Waals surface area contributed by atoms with E-state index in [4.69, 9.17) is 37.0 Å². The second-order valence-electron chi connectivity index (χ2n) is 29.1. The lowest BCUT2D eigenvalue weighted by atomic mass is 9.99. The van der Waals surface area contributed by atoms with Gasteiger partial charge in [0.2, 0.25) is 0 Å². The standard InChI is InChI=1S/C76H148O17P2/c1-9-69(8)55-47-39-30-23-20-21-25-32-42-50-58-75(80)92-71(62-86-73(78)56-48-40-31-24-19-17-15-13-11-10-12-14-16-18-22-28-36-44-52-66(2)3)64-90-94(82,83)88-60-70(77)61-89-95(84,85)91-65-72(63-87-74(79)57-49-41-35-34-38-46-54-68(6)7)93-76(81)59-51-43-33-27-26-29-37-45-53-67(4)5/h66-72,77H,9-65H2,1-8H3,(H,82,83)(H,84,85)/t69?,70-,71-,72-/m1/s1. The highest BCUT2D eigenvalue weighted by molar-refractivity contribution is 7.47. The number of ether oxygens (including phenoxy) is 4. The van der Waals surface area contributed by atoms with Crippen LogP contribution in [0.4, 0.5) is 0 Å². The zero-order chi connectivity index (χ0) is 70.3. The van der Waals surface area contributed by atoms with Gasteiger partial charge in [-0.05, 0) is 49.4 Å². The minimum absolute atomic E-state index is 0.103. The van der Waals surface area contributed by atoms with Crippen molar-refractivity contribution >= 4 is 39.5 Å². The fraction of sp³-hybridized carbons (Fsp3) is 0.947. The molecule has 0 saturated heterocycles. The molecule has 0 aromatic carbocycles. The maximum Gasteiger partial charge on any atom is 0.472 e. The number of aliphatic hydroxyl groups is 1. The van der Waals surface area contributed by atoms with E-state index in [1.54, 1.807) is 0 Å². The zero-order valence-electron chi connectivity index (χ0n) is 62.3. The molecule has 0 heterocycles. The lowest BCUT2D eigenvalue weighted by molar-refractivity contribution is -0.161. The summed E-state index contributed by atoms with van der Waals surface area (Å²) in [5.41, 5.74) is 0. The van der Waals surface area contributed by atoms with Gasteiger partial charge in [0.1, 0.15) is 19.3 Å². The van der Waals surface area contributed by atoms with E-state index in [-0.39, 0.29) is 25.7 Å². The molecule has 0 aliphatic rings. The molecule has 564 valence electrons. The van der Waals surface area contributed by atoms with Gasteiger partial charge < -0.3 is 33.8 Å². The van der Waals surface area contributed by atoms with Crippen molar-refractivity contribution in [2.24, 2.45) is 23.7 Å². The summed E-state index contributed by atoms with van der Waals surface area (Å²) >= 11 is 0. The first-order valence-electron chi connectivity index (χ1n) is 39.2. The summed E-state index contributed by atoms with van der Waals surface area (Å²) in [5, 5.41) is 10.6. The highest BCUT2D eigenvalue weighted by atomic mass is 31.2. The van der Waals surface area contributed by atoms with Gasteiger partial charge in [0, 0.05) is 25.7 Å². The Balaban J connectivity index is 5.18. The minimum Gasteiger partial charge on any atom is -0.462 e. The number of phosphoric ester groups is 2. The predicted molar refractivity (Wildman–Crippen MR) is 386 cm³/mol. The smallest absolute Gasteiger partial charge is 0.462 e. The molecule has 17 nitrogen and oxygen atoms in total. The Morgan fingerprint density at radius 3 is 0.747 bits per heavy atom. The van der Waals surface area contributed by atoms with Crippen LogP contribution in [0.25, 0.3) is 0 Å². The van der Waals surface area contributed by atoms with Gasteiger partial charge >= 0.3 is 39.5 Å². The Morgan fingerprint density at radius 1 is 0.295 bits per heavy atom. The number of hydrogen-bond donors (Lipinski definition) is 3. The summed E-state index contributed by atoms with van der Waals surface area (Å²) in [6.07, 6.45) is 50.2. The second-order valence-corrected chi connectivity index (χ2v) is 32.0. The van der Waals surface area contributed by atoms with Crippen molar-refractivity contribution in [1.82, 2.24) is 0 Å². The van der Waals surface area contributed by atoms with Crippen molar-refractivity contribution in [3.8, 4) is 0 Å². The SMILES string of the molecule is CCC(C)CCCCCCCCCCCCC(=O)O[C@H](COC(=O)CCCCCCCCCCCCCCCCCCCCC(C)C)COP(=O)(O)OC[C@@H](O)COP(=O)(O)OC[C@@H](COC(=O)CCCCCCCCC(C)C)OC(=O)CCCCCCCCCCC(C)C. The molecular weight excluding hydrogens is 1250 g/mol. The van der Waals surface area contributed by atoms with Crippen LogP contribution in [0.3, 0.4) is 0 Å². The largest absolute Gasteiger partial charge is 0.472 e. The van der Waals surface area contributed by atoms with Gasteiger partial charge in [-0.3, -0.25) is 37.3 Å². The number of carbonyl (C=O) groups is 4. The molecule has 95 heavy (non-hydrogen) atoms. The first-order valence-corrected chi connectivity index (χ1v) is 42.2. The fourth-order valence-electron chi connectivity index (χ4n) is 11.5. The van der Waals surface area contributed by atoms with Gasteiger partial charge in [-0.2, -0.15) is 0 Å². The number of aliphatic hydroxyl groups excluding tert-OH is 1. The maximum atomic E-state index is 13.1. The summed E-state index contributed by atoms with van der Waals surface area (Å²) in [4.78, 5) is 72.7. The Hall–Kier alpha value is -1.94. The molecule has 0 saturated carbocycles. The third kappa shape index (κ3) is 69.0. The van der Waals surface area contributed by atoms with E-state index in [9.17, 15) is 43.2 Å². The van der Waals surface area contributed by atoms with Gasteiger partial charge in [0.05, 0.1) is 26.4 Å². The van der Waals surface area contributed by atoms with Gasteiger partial charge in [0.25, 0.3) is 0 Å². The molecule has 0 bridgehead atoms. The van der Waals surface area contributed by atoms with Gasteiger partial charge in [-0.15, -0.1) is 0 Å². The molecule has 0 aliphatic heterocycles. The lowest BCUT2D eigenvalue weighted by Crippen LogP contribution is -2.30. The van der Waals surface area contributed by atoms with E-state index >= 15 is 0 Å². The molecule has 0 aliphatic carbocycles. The summed E-state index contributed by atoms with van der Waals surface area (Å²) in [7, 11) is -9.91. The number of phosphoric acid groups is 2. The second kappa shape index (κ2) is 65.4. The van der Waals surface area contributed by atoms with Crippen LogP contribution in [0.15, 0.2) is 0 Å². The van der Waals surface area contributed by atoms with Crippen LogP contribution in [0.2, 0.25) is 0 Å². The van der Waals surface area contributed by atoms with Crippen molar-refractivity contribution in [1.29, 1.82) is 0 Å². The van der Waals surface area contributed by atoms with E-state index in [2.05, 4.69) is 55.4 Å². The molecule has 0 fully saturated rings. The molecule has 3 unspecified atom stereocenters. The predicted octanol–water partition coefficient (Wildman–Crippen LogP) is 22.0. The van der Waals surface area contributed by atoms with Crippen LogP contribution in [0, 0.1) is 23.7 Å². The summed E-state index contributed by atoms with van der Waals surface area (Å²) in [6.45, 7) is 14.1. The van der Waals surface area contributed by atoms with Crippen molar-refractivity contribution < 1.29 is 80.2 Å². The number of carbonyl (C=O) groups excluding carboxylic acids is 4. The van der Waals surface area contributed by atoms with E-state index in [0.29, 0.717) is 31.6 Å². The van der Waals surface area contributed by atoms with Crippen LogP contribution in [0.1, 0.15) is 383 Å². The van der Waals surface area contributed by atoms with E-state index in [1.807, 2.05) is 0 Å². The third-order valence-electron chi connectivity index (χ3n) is 17.9. The van der Waals surface area contributed by atoms with Crippen molar-refractivity contribution in [2.45, 2.75) is 401 Å². The molecule has 0 aromatic rings. The highest BCUT2D eigenvalue weighted by Gasteiger charge is 2.30. The summed E-state index contributed by atoms with van der Waals surface area (Å²) in [5.74, 6) is 0.898.